The van der Waals surface area contributed by atoms with Crippen molar-refractivity contribution in [3.63, 3.8) is 0 Å². The van der Waals surface area contributed by atoms with E-state index >= 15 is 0 Å². The highest BCUT2D eigenvalue weighted by Gasteiger charge is 2.27. The van der Waals surface area contributed by atoms with Crippen LogP contribution in [0.5, 0.6) is 0 Å². The quantitative estimate of drug-likeness (QED) is 0.740. The molecule has 1 aromatic heterocycles. The number of aromatic nitrogens is 2. The largest absolute Gasteiger partial charge is 0.392 e. The second-order valence-electron chi connectivity index (χ2n) is 5.51. The molecule has 1 aliphatic rings. The predicted molar refractivity (Wildman–Crippen MR) is 82.7 cm³/mol. The lowest BCUT2D eigenvalue weighted by molar-refractivity contribution is -0.122. The van der Waals surface area contributed by atoms with Crippen LogP contribution in [-0.4, -0.2) is 46.0 Å². The molecule has 3 N–H and O–H groups in total. The van der Waals surface area contributed by atoms with Crippen LogP contribution < -0.4 is 10.6 Å². The van der Waals surface area contributed by atoms with E-state index in [-0.39, 0.29) is 11.9 Å². The van der Waals surface area contributed by atoms with Gasteiger partial charge in [0, 0.05) is 25.5 Å². The average molecular weight is 300 g/mol. The first-order valence-electron chi connectivity index (χ1n) is 7.50. The summed E-state index contributed by atoms with van der Waals surface area (Å²) in [6, 6.07) is 9.73. The molecule has 6 heteroatoms. The molecule has 2 atom stereocenters. The molecule has 6 nitrogen and oxygen atoms in total. The zero-order valence-electron chi connectivity index (χ0n) is 12.3. The summed E-state index contributed by atoms with van der Waals surface area (Å²) in [5.41, 5.74) is 2.18. The molecule has 0 radical (unpaired) electrons. The number of β-amino-alcohol motifs (C(OH)–C–C–N with tert-alkyl or cyclic N) is 1. The molecule has 1 fully saturated rings. The van der Waals surface area contributed by atoms with Crippen LogP contribution in [0.3, 0.4) is 0 Å². The van der Waals surface area contributed by atoms with Crippen molar-refractivity contribution in [2.45, 2.75) is 25.0 Å². The second kappa shape index (κ2) is 6.72. The summed E-state index contributed by atoms with van der Waals surface area (Å²) in [6.45, 7) is 1.08. The fraction of sp³-hybridized carbons (Fsp3) is 0.375. The van der Waals surface area contributed by atoms with Gasteiger partial charge in [-0.2, -0.15) is 5.10 Å². The number of hydrogen-bond donors (Lipinski definition) is 3. The first-order valence-corrected chi connectivity index (χ1v) is 7.50. The normalized spacial score (nSPS) is 21.0. The van der Waals surface area contributed by atoms with Gasteiger partial charge in [-0.15, -0.1) is 0 Å². The third-order valence-electron chi connectivity index (χ3n) is 3.84. The van der Waals surface area contributed by atoms with Crippen LogP contribution in [0.1, 0.15) is 12.0 Å². The minimum absolute atomic E-state index is 0.0373. The molecule has 0 spiro atoms. The number of benzene rings is 1. The maximum absolute atomic E-state index is 11.9. The standard InChI is InChI=1S/C16H20N4O2/c21-14-10-15(18-11-14)16(22)17-8-6-12-2-4-13(5-3-12)20-9-1-7-19-20/h1-5,7,9,14-15,18,21H,6,8,10-11H2,(H,17,22)/t14-,15+/m1/s1. The van der Waals surface area contributed by atoms with Gasteiger partial charge in [-0.25, -0.2) is 4.68 Å². The predicted octanol–water partition coefficient (Wildman–Crippen LogP) is 0.254. The molecule has 0 aliphatic carbocycles. The molecular weight excluding hydrogens is 280 g/mol. The summed E-state index contributed by atoms with van der Waals surface area (Å²) < 4.78 is 1.81. The van der Waals surface area contributed by atoms with Crippen LogP contribution >= 0.6 is 0 Å². The molecule has 0 unspecified atom stereocenters. The molecule has 116 valence electrons. The lowest BCUT2D eigenvalue weighted by atomic mass is 10.1. The van der Waals surface area contributed by atoms with Crippen LogP contribution in [0, 0.1) is 0 Å². The number of hydrogen-bond acceptors (Lipinski definition) is 4. The summed E-state index contributed by atoms with van der Waals surface area (Å²) in [6.07, 6.45) is 4.51. The lowest BCUT2D eigenvalue weighted by Gasteiger charge is -2.11. The van der Waals surface area contributed by atoms with Gasteiger partial charge in [0.15, 0.2) is 0 Å². The Hall–Kier alpha value is -2.18. The Balaban J connectivity index is 1.46. The molecule has 3 rings (SSSR count). The molecule has 2 aromatic rings. The summed E-state index contributed by atoms with van der Waals surface area (Å²) in [5.74, 6) is -0.0373. The summed E-state index contributed by atoms with van der Waals surface area (Å²) in [7, 11) is 0. The molecule has 1 aromatic carbocycles. The summed E-state index contributed by atoms with van der Waals surface area (Å²) >= 11 is 0. The van der Waals surface area contributed by atoms with Crippen molar-refractivity contribution in [3.05, 3.63) is 48.3 Å². The van der Waals surface area contributed by atoms with E-state index in [0.717, 1.165) is 17.7 Å². The van der Waals surface area contributed by atoms with Crippen LogP contribution in [0.25, 0.3) is 5.69 Å². The van der Waals surface area contributed by atoms with Crippen molar-refractivity contribution < 1.29 is 9.90 Å². The SMILES string of the molecule is O=C(NCCc1ccc(-n2cccn2)cc1)[C@@H]1C[C@@H](O)CN1. The van der Waals surface area contributed by atoms with E-state index in [2.05, 4.69) is 15.7 Å². The van der Waals surface area contributed by atoms with Crippen LogP contribution in [-0.2, 0) is 11.2 Å². The first-order chi connectivity index (χ1) is 10.7. The van der Waals surface area contributed by atoms with Crippen molar-refractivity contribution in [3.8, 4) is 5.69 Å². The van der Waals surface area contributed by atoms with E-state index < -0.39 is 6.10 Å². The number of rotatable bonds is 5. The Kier molecular flexibility index (Phi) is 4.50. The Morgan fingerprint density at radius 3 is 2.86 bits per heavy atom. The van der Waals surface area contributed by atoms with Gasteiger partial charge in [0.25, 0.3) is 0 Å². The highest BCUT2D eigenvalue weighted by atomic mass is 16.3. The monoisotopic (exact) mass is 300 g/mol. The number of carbonyl (C=O) groups excluding carboxylic acids is 1. The zero-order chi connectivity index (χ0) is 15.4. The number of carbonyl (C=O) groups is 1. The van der Waals surface area contributed by atoms with E-state index in [1.807, 2.05) is 41.2 Å². The highest BCUT2D eigenvalue weighted by molar-refractivity contribution is 5.82. The van der Waals surface area contributed by atoms with Crippen molar-refractivity contribution in [1.29, 1.82) is 0 Å². The molecule has 22 heavy (non-hydrogen) atoms. The third-order valence-corrected chi connectivity index (χ3v) is 3.84. The Labute approximate surface area is 129 Å². The van der Waals surface area contributed by atoms with Crippen LogP contribution in [0.15, 0.2) is 42.7 Å². The van der Waals surface area contributed by atoms with Crippen molar-refractivity contribution in [2.75, 3.05) is 13.1 Å². The number of amides is 1. The Morgan fingerprint density at radius 2 is 2.23 bits per heavy atom. The van der Waals surface area contributed by atoms with Crippen molar-refractivity contribution in [1.82, 2.24) is 20.4 Å². The number of nitrogens with one attached hydrogen (secondary N) is 2. The van der Waals surface area contributed by atoms with E-state index in [1.54, 1.807) is 6.20 Å². The van der Waals surface area contributed by atoms with Crippen LogP contribution in [0.2, 0.25) is 0 Å². The molecule has 1 aliphatic heterocycles. The van der Waals surface area contributed by atoms with E-state index in [4.69, 9.17) is 0 Å². The molecular formula is C16H20N4O2. The topological polar surface area (TPSA) is 79.2 Å². The van der Waals surface area contributed by atoms with Gasteiger partial charge in [-0.05, 0) is 36.6 Å². The van der Waals surface area contributed by atoms with Gasteiger partial charge in [0.1, 0.15) is 0 Å². The van der Waals surface area contributed by atoms with Gasteiger partial charge >= 0.3 is 0 Å². The van der Waals surface area contributed by atoms with Crippen LogP contribution in [0.4, 0.5) is 0 Å². The van der Waals surface area contributed by atoms with Gasteiger partial charge in [-0.3, -0.25) is 4.79 Å². The molecule has 1 amide bonds. The average Bonchev–Trinajstić information content (AvgIpc) is 3.19. The smallest absolute Gasteiger partial charge is 0.237 e. The molecule has 2 heterocycles. The second-order valence-corrected chi connectivity index (χ2v) is 5.51. The van der Waals surface area contributed by atoms with E-state index in [9.17, 15) is 9.90 Å². The molecule has 0 bridgehead atoms. The fourth-order valence-corrected chi connectivity index (χ4v) is 2.61. The lowest BCUT2D eigenvalue weighted by Crippen LogP contribution is -2.41. The van der Waals surface area contributed by atoms with E-state index in [1.165, 1.54) is 0 Å². The van der Waals surface area contributed by atoms with Crippen molar-refractivity contribution in [2.24, 2.45) is 0 Å². The minimum atomic E-state index is -0.411. The summed E-state index contributed by atoms with van der Waals surface area (Å²) in [5, 5.41) is 19.5. The van der Waals surface area contributed by atoms with Gasteiger partial charge < -0.3 is 15.7 Å². The van der Waals surface area contributed by atoms with E-state index in [0.29, 0.717) is 19.5 Å². The maximum Gasteiger partial charge on any atom is 0.237 e. The number of aliphatic hydroxyl groups excluding tert-OH is 1. The Bertz CT molecular complexity index is 610. The molecule has 0 saturated carbocycles. The molecule has 1 saturated heterocycles. The summed E-state index contributed by atoms with van der Waals surface area (Å²) in [4.78, 5) is 11.9. The maximum atomic E-state index is 11.9. The van der Waals surface area contributed by atoms with Gasteiger partial charge in [0.05, 0.1) is 17.8 Å². The number of nitrogens with zero attached hydrogens (tertiary/aromatic N) is 2. The minimum Gasteiger partial charge on any atom is -0.392 e. The van der Waals surface area contributed by atoms with Gasteiger partial charge in [-0.1, -0.05) is 12.1 Å². The first kappa shape index (κ1) is 14.7. The fourth-order valence-electron chi connectivity index (χ4n) is 2.61. The Morgan fingerprint density at radius 1 is 1.41 bits per heavy atom. The third kappa shape index (κ3) is 3.52. The number of aliphatic hydroxyl groups is 1. The van der Waals surface area contributed by atoms with Gasteiger partial charge in [0.2, 0.25) is 5.91 Å². The highest BCUT2D eigenvalue weighted by Crippen LogP contribution is 2.09. The zero-order valence-corrected chi connectivity index (χ0v) is 12.3. The van der Waals surface area contributed by atoms with Crippen molar-refractivity contribution >= 4 is 5.91 Å².